The summed E-state index contributed by atoms with van der Waals surface area (Å²) in [7, 11) is -3.52. The first-order valence-corrected chi connectivity index (χ1v) is 7.79. The Morgan fingerprint density at radius 3 is 2.39 bits per heavy atom. The zero-order chi connectivity index (χ0) is 13.3. The number of sulfonamides is 1. The van der Waals surface area contributed by atoms with Crippen LogP contribution in [0.4, 0.5) is 0 Å². The summed E-state index contributed by atoms with van der Waals surface area (Å²) in [5.74, 6) is 0.231. The molecule has 0 bridgehead atoms. The largest absolute Gasteiger partial charge is 0.330 e. The number of nitrogens with two attached hydrogens (primary N) is 1. The first kappa shape index (κ1) is 14.1. The van der Waals surface area contributed by atoms with Crippen molar-refractivity contribution in [2.45, 2.75) is 11.3 Å². The monoisotopic (exact) mass is 308 g/mol. The molecule has 0 aromatic heterocycles. The molecule has 2 N–H and O–H groups in total. The lowest BCUT2D eigenvalue weighted by atomic mass is 10.1. The maximum Gasteiger partial charge on any atom is 0.243 e. The highest BCUT2D eigenvalue weighted by molar-refractivity contribution is 7.89. The van der Waals surface area contributed by atoms with E-state index in [2.05, 4.69) is 0 Å². The molecule has 2 rings (SSSR count). The van der Waals surface area contributed by atoms with E-state index >= 15 is 0 Å². The molecule has 18 heavy (non-hydrogen) atoms. The van der Waals surface area contributed by atoms with Gasteiger partial charge in [-0.15, -0.1) is 0 Å². The third-order valence-corrected chi connectivity index (χ3v) is 5.34. The summed E-state index contributed by atoms with van der Waals surface area (Å²) >= 11 is 11.7. The molecule has 1 aliphatic heterocycles. The van der Waals surface area contributed by atoms with Crippen molar-refractivity contribution < 1.29 is 8.42 Å². The van der Waals surface area contributed by atoms with Crippen molar-refractivity contribution in [3.63, 3.8) is 0 Å². The van der Waals surface area contributed by atoms with Crippen LogP contribution in [0.15, 0.2) is 23.1 Å². The Morgan fingerprint density at radius 2 is 1.89 bits per heavy atom. The Bertz CT molecular complexity index is 528. The van der Waals surface area contributed by atoms with E-state index in [-0.39, 0.29) is 10.8 Å². The fourth-order valence-electron chi connectivity index (χ4n) is 2.03. The van der Waals surface area contributed by atoms with Crippen molar-refractivity contribution in [2.24, 2.45) is 11.7 Å². The summed E-state index contributed by atoms with van der Waals surface area (Å²) in [5.41, 5.74) is 5.56. The van der Waals surface area contributed by atoms with Gasteiger partial charge >= 0.3 is 0 Å². The lowest BCUT2D eigenvalue weighted by molar-refractivity contribution is 0.459. The standard InChI is InChI=1S/C11H14Cl2N2O2S/c12-9-3-10(13)5-11(4-9)18(16,17)15-2-1-8(6-14)7-15/h3-5,8H,1-2,6-7,14H2. The molecule has 4 nitrogen and oxygen atoms in total. The van der Waals surface area contributed by atoms with Crippen molar-refractivity contribution in [1.82, 2.24) is 4.31 Å². The molecule has 1 fully saturated rings. The molecule has 1 unspecified atom stereocenters. The minimum absolute atomic E-state index is 0.137. The second-order valence-electron chi connectivity index (χ2n) is 4.36. The average molecular weight is 309 g/mol. The zero-order valence-electron chi connectivity index (χ0n) is 9.64. The summed E-state index contributed by atoms with van der Waals surface area (Å²) in [5, 5.41) is 0.631. The molecule has 0 spiro atoms. The molecule has 0 saturated carbocycles. The Kier molecular flexibility index (Phi) is 4.18. The normalized spacial score (nSPS) is 21.4. The van der Waals surface area contributed by atoms with Gasteiger partial charge in [-0.25, -0.2) is 8.42 Å². The topological polar surface area (TPSA) is 63.4 Å². The van der Waals surface area contributed by atoms with Crippen molar-refractivity contribution in [1.29, 1.82) is 0 Å². The van der Waals surface area contributed by atoms with Crippen LogP contribution in [0.5, 0.6) is 0 Å². The van der Waals surface area contributed by atoms with Crippen LogP contribution in [0, 0.1) is 5.92 Å². The second-order valence-corrected chi connectivity index (χ2v) is 7.17. The minimum atomic E-state index is -3.52. The Labute approximate surface area is 117 Å². The van der Waals surface area contributed by atoms with Crippen LogP contribution in [0.1, 0.15) is 6.42 Å². The molecule has 1 atom stereocenters. The first-order valence-electron chi connectivity index (χ1n) is 5.60. The predicted octanol–water partition coefficient (Wildman–Crippen LogP) is 1.96. The average Bonchev–Trinajstić information content (AvgIpc) is 2.76. The maximum absolute atomic E-state index is 12.4. The van der Waals surface area contributed by atoms with Gasteiger partial charge in [0.15, 0.2) is 0 Å². The molecule has 1 aromatic rings. The Hall–Kier alpha value is -0.330. The summed E-state index contributed by atoms with van der Waals surface area (Å²) in [6.45, 7) is 1.46. The van der Waals surface area contributed by atoms with E-state index in [0.29, 0.717) is 29.7 Å². The van der Waals surface area contributed by atoms with E-state index in [1.54, 1.807) is 0 Å². The number of rotatable bonds is 3. The summed E-state index contributed by atoms with van der Waals surface area (Å²) < 4.78 is 26.2. The van der Waals surface area contributed by atoms with E-state index in [9.17, 15) is 8.42 Å². The highest BCUT2D eigenvalue weighted by Gasteiger charge is 2.32. The predicted molar refractivity (Wildman–Crippen MR) is 72.4 cm³/mol. The molecule has 1 aromatic carbocycles. The fraction of sp³-hybridized carbons (Fsp3) is 0.455. The van der Waals surface area contributed by atoms with Crippen molar-refractivity contribution in [3.8, 4) is 0 Å². The van der Waals surface area contributed by atoms with Crippen LogP contribution in [0.3, 0.4) is 0 Å². The van der Waals surface area contributed by atoms with Gasteiger partial charge < -0.3 is 5.73 Å². The van der Waals surface area contributed by atoms with E-state index < -0.39 is 10.0 Å². The van der Waals surface area contributed by atoms with Crippen LogP contribution in [-0.2, 0) is 10.0 Å². The lowest BCUT2D eigenvalue weighted by Gasteiger charge is -2.16. The highest BCUT2D eigenvalue weighted by atomic mass is 35.5. The summed E-state index contributed by atoms with van der Waals surface area (Å²) in [6.07, 6.45) is 0.796. The summed E-state index contributed by atoms with van der Waals surface area (Å²) in [6, 6.07) is 4.34. The van der Waals surface area contributed by atoms with Gasteiger partial charge in [-0.1, -0.05) is 23.2 Å². The molecule has 1 aliphatic rings. The van der Waals surface area contributed by atoms with E-state index in [4.69, 9.17) is 28.9 Å². The van der Waals surface area contributed by atoms with Crippen LogP contribution < -0.4 is 5.73 Å². The van der Waals surface area contributed by atoms with Crippen molar-refractivity contribution in [3.05, 3.63) is 28.2 Å². The SMILES string of the molecule is NCC1CCN(S(=O)(=O)c2cc(Cl)cc(Cl)c2)C1. The van der Waals surface area contributed by atoms with Gasteiger partial charge in [-0.05, 0) is 37.1 Å². The molecule has 0 aliphatic carbocycles. The zero-order valence-corrected chi connectivity index (χ0v) is 12.0. The summed E-state index contributed by atoms with van der Waals surface area (Å²) in [4.78, 5) is 0.137. The Balaban J connectivity index is 2.31. The van der Waals surface area contributed by atoms with E-state index in [0.717, 1.165) is 6.42 Å². The quantitative estimate of drug-likeness (QED) is 0.928. The second kappa shape index (κ2) is 5.35. The molecule has 1 saturated heterocycles. The van der Waals surface area contributed by atoms with Gasteiger partial charge in [0.2, 0.25) is 10.0 Å². The van der Waals surface area contributed by atoms with Gasteiger partial charge in [0.1, 0.15) is 0 Å². The van der Waals surface area contributed by atoms with Crippen LogP contribution in [0.25, 0.3) is 0 Å². The molecular weight excluding hydrogens is 295 g/mol. The van der Waals surface area contributed by atoms with Gasteiger partial charge in [-0.3, -0.25) is 0 Å². The van der Waals surface area contributed by atoms with Crippen LogP contribution in [-0.4, -0.2) is 32.4 Å². The lowest BCUT2D eigenvalue weighted by Crippen LogP contribution is -2.30. The van der Waals surface area contributed by atoms with E-state index in [1.165, 1.54) is 22.5 Å². The maximum atomic E-state index is 12.4. The molecule has 0 radical (unpaired) electrons. The highest BCUT2D eigenvalue weighted by Crippen LogP contribution is 2.28. The first-order chi connectivity index (χ1) is 8.43. The third kappa shape index (κ3) is 2.81. The Morgan fingerprint density at radius 1 is 1.28 bits per heavy atom. The van der Waals surface area contributed by atoms with Gasteiger partial charge in [0.05, 0.1) is 4.90 Å². The molecule has 0 amide bonds. The minimum Gasteiger partial charge on any atom is -0.330 e. The molecule has 1 heterocycles. The van der Waals surface area contributed by atoms with Crippen molar-refractivity contribution in [2.75, 3.05) is 19.6 Å². The molecular formula is C11H14Cl2N2O2S. The van der Waals surface area contributed by atoms with E-state index in [1.807, 2.05) is 0 Å². The number of halogens is 2. The molecule has 7 heteroatoms. The third-order valence-electron chi connectivity index (χ3n) is 3.06. The number of hydrogen-bond acceptors (Lipinski definition) is 3. The number of nitrogens with zero attached hydrogens (tertiary/aromatic N) is 1. The molecule has 100 valence electrons. The van der Waals surface area contributed by atoms with Crippen LogP contribution in [0.2, 0.25) is 10.0 Å². The number of hydrogen-bond donors (Lipinski definition) is 1. The number of benzene rings is 1. The van der Waals surface area contributed by atoms with Gasteiger partial charge in [0, 0.05) is 23.1 Å². The van der Waals surface area contributed by atoms with Gasteiger partial charge in [-0.2, -0.15) is 4.31 Å². The van der Waals surface area contributed by atoms with Crippen LogP contribution >= 0.6 is 23.2 Å². The fourth-order valence-corrected chi connectivity index (χ4v) is 4.29. The smallest absolute Gasteiger partial charge is 0.243 e. The van der Waals surface area contributed by atoms with Crippen molar-refractivity contribution >= 4 is 33.2 Å². The van der Waals surface area contributed by atoms with Gasteiger partial charge in [0.25, 0.3) is 0 Å².